The molecule has 6 nitrogen and oxygen atoms in total. The summed E-state index contributed by atoms with van der Waals surface area (Å²) in [6.45, 7) is 3.22. The van der Waals surface area contributed by atoms with E-state index in [1.54, 1.807) is 0 Å². The maximum atomic E-state index is 6.78. The van der Waals surface area contributed by atoms with Gasteiger partial charge in [0.05, 0.1) is 11.8 Å². The Hall–Kier alpha value is -3.51. The smallest absolute Gasteiger partial charge is 0.231 e. The molecule has 1 fully saturated rings. The fourth-order valence-electron chi connectivity index (χ4n) is 5.71. The van der Waals surface area contributed by atoms with Crippen molar-refractivity contribution in [2.45, 2.75) is 37.6 Å². The summed E-state index contributed by atoms with van der Waals surface area (Å²) in [5, 5.41) is 7.47. The summed E-state index contributed by atoms with van der Waals surface area (Å²) < 4.78 is 17.9. The summed E-state index contributed by atoms with van der Waals surface area (Å²) >= 11 is 0. The molecular weight excluding hydrogens is 426 g/mol. The van der Waals surface area contributed by atoms with Crippen LogP contribution in [0.2, 0.25) is 0 Å². The standard InChI is InChI=1S/C28H27N3O3/c1-2-6-20(7-3-1)18-30-14-12-28(13-15-30)31-24(22-8-4-5-9-25(22)34-28)17-23(29-31)21-10-11-26-27(16-21)33-19-32-26/h1-11,16,24H,12-15,17-19H2/t24-/m1/s1. The lowest BCUT2D eigenvalue weighted by Crippen LogP contribution is -2.59. The lowest BCUT2D eigenvalue weighted by Gasteiger charge is -2.51. The average molecular weight is 454 g/mol. The van der Waals surface area contributed by atoms with Crippen LogP contribution in [0.5, 0.6) is 17.2 Å². The molecule has 6 heteroatoms. The summed E-state index contributed by atoms with van der Waals surface area (Å²) in [4.78, 5) is 2.53. The van der Waals surface area contributed by atoms with Crippen LogP contribution in [0.3, 0.4) is 0 Å². The van der Waals surface area contributed by atoms with Gasteiger partial charge in [-0.25, -0.2) is 5.01 Å². The normalized spacial score (nSPS) is 22.2. The van der Waals surface area contributed by atoms with Gasteiger partial charge in [0.15, 0.2) is 11.5 Å². The Kier molecular flexibility index (Phi) is 4.55. The van der Waals surface area contributed by atoms with Crippen molar-refractivity contribution in [3.8, 4) is 17.2 Å². The molecule has 0 N–H and O–H groups in total. The topological polar surface area (TPSA) is 46.5 Å². The van der Waals surface area contributed by atoms with Crippen LogP contribution in [0.15, 0.2) is 77.9 Å². The van der Waals surface area contributed by atoms with Crippen molar-refractivity contribution in [1.82, 2.24) is 9.91 Å². The van der Waals surface area contributed by atoms with Crippen molar-refractivity contribution in [2.24, 2.45) is 5.10 Å². The van der Waals surface area contributed by atoms with E-state index < -0.39 is 5.72 Å². The molecule has 0 unspecified atom stereocenters. The maximum Gasteiger partial charge on any atom is 0.231 e. The number of fused-ring (bicyclic) bond motifs is 5. The number of para-hydroxylation sites is 1. The third kappa shape index (κ3) is 3.24. The number of benzene rings is 3. The van der Waals surface area contributed by atoms with E-state index in [1.807, 2.05) is 6.07 Å². The number of likely N-dealkylation sites (tertiary alicyclic amines) is 1. The zero-order valence-electron chi connectivity index (χ0n) is 19.0. The van der Waals surface area contributed by atoms with E-state index in [9.17, 15) is 0 Å². The van der Waals surface area contributed by atoms with E-state index in [1.165, 1.54) is 11.1 Å². The SMILES string of the molecule is c1ccc(CN2CCC3(CC2)Oc2ccccc2[C@H]2CC(c4ccc5c(c4)OCO5)=NN23)cc1. The van der Waals surface area contributed by atoms with Gasteiger partial charge in [-0.1, -0.05) is 48.5 Å². The van der Waals surface area contributed by atoms with Crippen molar-refractivity contribution in [2.75, 3.05) is 19.9 Å². The van der Waals surface area contributed by atoms with Crippen LogP contribution in [-0.2, 0) is 6.54 Å². The summed E-state index contributed by atoms with van der Waals surface area (Å²) in [6, 6.07) is 25.5. The molecule has 0 aromatic heterocycles. The average Bonchev–Trinajstić information content (AvgIpc) is 3.54. The minimum Gasteiger partial charge on any atom is -0.466 e. The van der Waals surface area contributed by atoms with E-state index in [2.05, 4.69) is 76.6 Å². The van der Waals surface area contributed by atoms with Crippen LogP contribution in [0.1, 0.15) is 42.0 Å². The van der Waals surface area contributed by atoms with E-state index in [-0.39, 0.29) is 12.8 Å². The third-order valence-electron chi connectivity index (χ3n) is 7.50. The summed E-state index contributed by atoms with van der Waals surface area (Å²) in [5.41, 5.74) is 4.34. The van der Waals surface area contributed by atoms with E-state index in [0.717, 1.165) is 67.4 Å². The first-order chi connectivity index (χ1) is 16.8. The predicted octanol–water partition coefficient (Wildman–Crippen LogP) is 4.95. The largest absolute Gasteiger partial charge is 0.466 e. The molecule has 3 aromatic rings. The molecule has 172 valence electrons. The fourth-order valence-corrected chi connectivity index (χ4v) is 5.71. The Bertz CT molecular complexity index is 1250. The summed E-state index contributed by atoms with van der Waals surface area (Å²) in [5.74, 6) is 2.60. The highest BCUT2D eigenvalue weighted by Gasteiger charge is 2.51. The number of hydrazone groups is 1. The Morgan fingerprint density at radius 2 is 1.65 bits per heavy atom. The van der Waals surface area contributed by atoms with Crippen LogP contribution < -0.4 is 14.2 Å². The molecular formula is C28H27N3O3. The van der Waals surface area contributed by atoms with Gasteiger partial charge in [0.25, 0.3) is 0 Å². The van der Waals surface area contributed by atoms with E-state index >= 15 is 0 Å². The molecule has 0 bridgehead atoms. The Labute approximate surface area is 199 Å². The van der Waals surface area contributed by atoms with Crippen molar-refractivity contribution < 1.29 is 14.2 Å². The van der Waals surface area contributed by atoms with Crippen LogP contribution >= 0.6 is 0 Å². The molecule has 4 aliphatic heterocycles. The highest BCUT2D eigenvalue weighted by Crippen LogP contribution is 2.50. The molecule has 34 heavy (non-hydrogen) atoms. The minimum absolute atomic E-state index is 0.186. The van der Waals surface area contributed by atoms with Crippen molar-refractivity contribution >= 4 is 5.71 Å². The molecule has 7 rings (SSSR count). The lowest BCUT2D eigenvalue weighted by molar-refractivity contribution is -0.150. The number of nitrogens with zero attached hydrogens (tertiary/aromatic N) is 3. The predicted molar refractivity (Wildman–Crippen MR) is 129 cm³/mol. The van der Waals surface area contributed by atoms with Crippen LogP contribution in [0, 0.1) is 0 Å². The third-order valence-corrected chi connectivity index (χ3v) is 7.50. The second-order valence-corrected chi connectivity index (χ2v) is 9.53. The second-order valence-electron chi connectivity index (χ2n) is 9.53. The molecule has 1 atom stereocenters. The first kappa shape index (κ1) is 19.9. The molecule has 1 spiro atoms. The van der Waals surface area contributed by atoms with Crippen LogP contribution in [0.25, 0.3) is 0 Å². The van der Waals surface area contributed by atoms with Gasteiger partial charge in [-0.05, 0) is 29.8 Å². The first-order valence-electron chi connectivity index (χ1n) is 12.1. The number of hydrogen-bond acceptors (Lipinski definition) is 6. The van der Waals surface area contributed by atoms with Gasteiger partial charge in [0, 0.05) is 50.0 Å². The van der Waals surface area contributed by atoms with Gasteiger partial charge < -0.3 is 14.2 Å². The zero-order valence-corrected chi connectivity index (χ0v) is 19.0. The fraction of sp³-hybridized carbons (Fsp3) is 0.321. The molecule has 0 radical (unpaired) electrons. The first-order valence-corrected chi connectivity index (χ1v) is 12.1. The number of hydrogen-bond donors (Lipinski definition) is 0. The van der Waals surface area contributed by atoms with Crippen molar-refractivity contribution in [1.29, 1.82) is 0 Å². The number of ether oxygens (including phenoxy) is 3. The molecule has 0 saturated carbocycles. The van der Waals surface area contributed by atoms with Gasteiger partial charge in [0.1, 0.15) is 5.75 Å². The van der Waals surface area contributed by atoms with Gasteiger partial charge >= 0.3 is 0 Å². The maximum absolute atomic E-state index is 6.78. The highest BCUT2D eigenvalue weighted by molar-refractivity contribution is 6.02. The monoisotopic (exact) mass is 453 g/mol. The molecule has 3 aromatic carbocycles. The van der Waals surface area contributed by atoms with E-state index in [0.29, 0.717) is 0 Å². The van der Waals surface area contributed by atoms with Crippen molar-refractivity contribution in [3.63, 3.8) is 0 Å². The zero-order chi connectivity index (χ0) is 22.5. The Balaban J connectivity index is 1.19. The van der Waals surface area contributed by atoms with Crippen LogP contribution in [-0.4, -0.2) is 41.2 Å². The van der Waals surface area contributed by atoms with E-state index in [4.69, 9.17) is 19.3 Å². The second kappa shape index (κ2) is 7.77. The molecule has 0 amide bonds. The summed E-state index contributed by atoms with van der Waals surface area (Å²) in [7, 11) is 0. The van der Waals surface area contributed by atoms with Crippen LogP contribution in [0.4, 0.5) is 0 Å². The van der Waals surface area contributed by atoms with Crippen molar-refractivity contribution in [3.05, 3.63) is 89.5 Å². The Morgan fingerprint density at radius 3 is 2.53 bits per heavy atom. The molecule has 1 saturated heterocycles. The van der Waals surface area contributed by atoms with Gasteiger partial charge in [-0.15, -0.1) is 0 Å². The number of piperidine rings is 1. The molecule has 4 heterocycles. The highest BCUT2D eigenvalue weighted by atomic mass is 16.7. The molecule has 4 aliphatic rings. The van der Waals surface area contributed by atoms with Gasteiger partial charge in [-0.2, -0.15) is 5.10 Å². The summed E-state index contributed by atoms with van der Waals surface area (Å²) in [6.07, 6.45) is 2.70. The number of rotatable bonds is 3. The molecule has 0 aliphatic carbocycles. The quantitative estimate of drug-likeness (QED) is 0.562. The minimum atomic E-state index is -0.412. The van der Waals surface area contributed by atoms with Gasteiger partial charge in [-0.3, -0.25) is 4.90 Å². The van der Waals surface area contributed by atoms with Gasteiger partial charge in [0.2, 0.25) is 12.5 Å². The Morgan fingerprint density at radius 1 is 0.853 bits per heavy atom. The lowest BCUT2D eigenvalue weighted by atomic mass is 9.90.